The monoisotopic (exact) mass is 284 g/mol. The van der Waals surface area contributed by atoms with Crippen LogP contribution in [0.1, 0.15) is 25.1 Å². The van der Waals surface area contributed by atoms with Gasteiger partial charge in [-0.1, -0.05) is 0 Å². The minimum atomic E-state index is -0.652. The molecule has 1 aliphatic rings. The van der Waals surface area contributed by atoms with Crippen molar-refractivity contribution in [2.45, 2.75) is 25.6 Å². The molecule has 0 bridgehead atoms. The van der Waals surface area contributed by atoms with Crippen LogP contribution < -0.4 is 5.32 Å². The first-order valence-corrected chi connectivity index (χ1v) is 6.55. The molecule has 2 unspecified atom stereocenters. The van der Waals surface area contributed by atoms with Gasteiger partial charge in [0, 0.05) is 31.9 Å². The minimum Gasteiger partial charge on any atom is -0.385 e. The zero-order valence-electron chi connectivity index (χ0n) is 11.5. The van der Waals surface area contributed by atoms with Gasteiger partial charge >= 0.3 is 0 Å². The topological polar surface area (TPSA) is 41.6 Å². The second-order valence-corrected chi connectivity index (χ2v) is 4.83. The number of rotatable bonds is 5. The Balaban J connectivity index is 2.21. The first-order valence-electron chi connectivity index (χ1n) is 6.55. The van der Waals surface area contributed by atoms with Crippen molar-refractivity contribution in [3.63, 3.8) is 0 Å². The van der Waals surface area contributed by atoms with E-state index in [0.717, 1.165) is 6.07 Å². The number of nitrogens with zero attached hydrogens (tertiary/aromatic N) is 1. The number of hydrogen-bond acceptors (Lipinski definition) is 3. The molecule has 110 valence electrons. The largest absolute Gasteiger partial charge is 0.385 e. The maximum Gasteiger partial charge on any atom is 0.241 e. The van der Waals surface area contributed by atoms with Crippen molar-refractivity contribution < 1.29 is 18.3 Å². The summed E-state index contributed by atoms with van der Waals surface area (Å²) in [6.45, 7) is 2.72. The fourth-order valence-corrected chi connectivity index (χ4v) is 2.37. The molecule has 2 rings (SSSR count). The van der Waals surface area contributed by atoms with Crippen LogP contribution in [-0.2, 0) is 9.53 Å². The van der Waals surface area contributed by atoms with Gasteiger partial charge in [-0.05, 0) is 25.5 Å². The summed E-state index contributed by atoms with van der Waals surface area (Å²) in [5, 5.41) is 3.03. The molecule has 1 N–H and O–H groups in total. The zero-order chi connectivity index (χ0) is 14.7. The molecule has 0 saturated carbocycles. The summed E-state index contributed by atoms with van der Waals surface area (Å²) in [7, 11) is 1.59. The molecule has 1 heterocycles. The van der Waals surface area contributed by atoms with Crippen LogP contribution in [0.2, 0.25) is 0 Å². The molecule has 1 amide bonds. The first kappa shape index (κ1) is 14.9. The molecular formula is C14H18F2N2O2. The number of amides is 1. The summed E-state index contributed by atoms with van der Waals surface area (Å²) < 4.78 is 31.8. The second-order valence-electron chi connectivity index (χ2n) is 4.83. The van der Waals surface area contributed by atoms with Crippen molar-refractivity contribution in [1.82, 2.24) is 10.2 Å². The number of carbonyl (C=O) groups is 1. The van der Waals surface area contributed by atoms with Gasteiger partial charge in [-0.15, -0.1) is 0 Å². The number of benzene rings is 1. The number of methoxy groups -OCH3 is 1. The maximum atomic E-state index is 13.9. The van der Waals surface area contributed by atoms with Crippen LogP contribution in [0.25, 0.3) is 0 Å². The van der Waals surface area contributed by atoms with Crippen LogP contribution in [0.15, 0.2) is 18.2 Å². The van der Waals surface area contributed by atoms with Crippen molar-refractivity contribution in [1.29, 1.82) is 0 Å². The molecule has 20 heavy (non-hydrogen) atoms. The van der Waals surface area contributed by atoms with Gasteiger partial charge in [-0.2, -0.15) is 0 Å². The van der Waals surface area contributed by atoms with E-state index in [1.54, 1.807) is 18.9 Å². The Morgan fingerprint density at radius 3 is 2.80 bits per heavy atom. The summed E-state index contributed by atoms with van der Waals surface area (Å²) in [4.78, 5) is 13.7. The predicted octanol–water partition coefficient (Wildman–Crippen LogP) is 1.82. The molecule has 1 saturated heterocycles. The van der Waals surface area contributed by atoms with Gasteiger partial charge in [0.1, 0.15) is 17.8 Å². The number of ether oxygens (including phenoxy) is 1. The van der Waals surface area contributed by atoms with E-state index in [1.165, 1.54) is 12.1 Å². The van der Waals surface area contributed by atoms with Gasteiger partial charge in [0.15, 0.2) is 0 Å². The fraction of sp³-hybridized carbons (Fsp3) is 0.500. The third-order valence-corrected chi connectivity index (χ3v) is 3.38. The normalized spacial score (nSPS) is 22.6. The Kier molecular flexibility index (Phi) is 4.67. The Morgan fingerprint density at radius 1 is 1.40 bits per heavy atom. The van der Waals surface area contributed by atoms with Crippen LogP contribution in [0.4, 0.5) is 8.78 Å². The zero-order valence-corrected chi connectivity index (χ0v) is 11.5. The van der Waals surface area contributed by atoms with Crippen molar-refractivity contribution in [2.75, 3.05) is 20.3 Å². The highest BCUT2D eigenvalue weighted by Crippen LogP contribution is 2.27. The van der Waals surface area contributed by atoms with Gasteiger partial charge in [0.25, 0.3) is 0 Å². The van der Waals surface area contributed by atoms with Gasteiger partial charge in [-0.3, -0.25) is 10.1 Å². The first-order chi connectivity index (χ1) is 9.54. The highest BCUT2D eigenvalue weighted by Gasteiger charge is 2.37. The third kappa shape index (κ3) is 2.96. The van der Waals surface area contributed by atoms with Crippen LogP contribution in [0, 0.1) is 11.6 Å². The van der Waals surface area contributed by atoms with Gasteiger partial charge in [0.05, 0.1) is 6.04 Å². The lowest BCUT2D eigenvalue weighted by Gasteiger charge is -2.24. The molecule has 0 radical (unpaired) electrons. The van der Waals surface area contributed by atoms with Crippen LogP contribution in [-0.4, -0.2) is 37.1 Å². The lowest BCUT2D eigenvalue weighted by atomic mass is 10.1. The summed E-state index contributed by atoms with van der Waals surface area (Å²) in [6, 6.07) is 3.02. The maximum absolute atomic E-state index is 13.9. The standard InChI is InChI=1S/C14H18F2N2O2/c1-9-14(19)18(6-3-7-20-2)13(17-9)11-5-4-10(15)8-12(11)16/h4-5,8-9,13,17H,3,6-7H2,1-2H3. The Labute approximate surface area is 116 Å². The molecule has 1 aromatic rings. The Morgan fingerprint density at radius 2 is 2.15 bits per heavy atom. The molecule has 0 spiro atoms. The van der Waals surface area contributed by atoms with Gasteiger partial charge in [0.2, 0.25) is 5.91 Å². The molecule has 6 heteroatoms. The van der Waals surface area contributed by atoms with E-state index >= 15 is 0 Å². The summed E-state index contributed by atoms with van der Waals surface area (Å²) in [6.07, 6.45) is 0.102. The van der Waals surface area contributed by atoms with Gasteiger partial charge < -0.3 is 9.64 Å². The van der Waals surface area contributed by atoms with Gasteiger partial charge in [-0.25, -0.2) is 8.78 Å². The number of carbonyl (C=O) groups excluding carboxylic acids is 1. The lowest BCUT2D eigenvalue weighted by molar-refractivity contribution is -0.130. The predicted molar refractivity (Wildman–Crippen MR) is 69.9 cm³/mol. The number of hydrogen-bond donors (Lipinski definition) is 1. The van der Waals surface area contributed by atoms with Crippen molar-refractivity contribution in [2.24, 2.45) is 0 Å². The SMILES string of the molecule is COCCCN1C(=O)C(C)NC1c1ccc(F)cc1F. The highest BCUT2D eigenvalue weighted by atomic mass is 19.1. The van der Waals surface area contributed by atoms with E-state index in [4.69, 9.17) is 4.74 Å². The molecule has 4 nitrogen and oxygen atoms in total. The van der Waals surface area contributed by atoms with Crippen LogP contribution >= 0.6 is 0 Å². The summed E-state index contributed by atoms with van der Waals surface area (Å²) >= 11 is 0. The smallest absolute Gasteiger partial charge is 0.241 e. The molecule has 1 aliphatic heterocycles. The third-order valence-electron chi connectivity index (χ3n) is 3.38. The molecule has 1 fully saturated rings. The molecule has 0 aliphatic carbocycles. The number of halogens is 2. The molecule has 0 aromatic heterocycles. The van der Waals surface area contributed by atoms with E-state index in [2.05, 4.69) is 5.32 Å². The average Bonchev–Trinajstić information content (AvgIpc) is 2.67. The van der Waals surface area contributed by atoms with Crippen molar-refractivity contribution in [3.05, 3.63) is 35.4 Å². The van der Waals surface area contributed by atoms with Crippen molar-refractivity contribution >= 4 is 5.91 Å². The van der Waals surface area contributed by atoms with Crippen LogP contribution in [0.3, 0.4) is 0 Å². The molecule has 2 atom stereocenters. The van der Waals surface area contributed by atoms with E-state index in [1.807, 2.05) is 0 Å². The highest BCUT2D eigenvalue weighted by molar-refractivity contribution is 5.84. The summed E-state index contributed by atoms with van der Waals surface area (Å²) in [5.74, 6) is -1.37. The van der Waals surface area contributed by atoms with E-state index < -0.39 is 17.8 Å². The lowest BCUT2D eigenvalue weighted by Crippen LogP contribution is -2.32. The van der Waals surface area contributed by atoms with Crippen LogP contribution in [0.5, 0.6) is 0 Å². The quantitative estimate of drug-likeness (QED) is 0.839. The molecule has 1 aromatic carbocycles. The minimum absolute atomic E-state index is 0.0881. The molecular weight excluding hydrogens is 266 g/mol. The second kappa shape index (κ2) is 6.28. The Bertz CT molecular complexity index is 496. The van der Waals surface area contributed by atoms with E-state index in [0.29, 0.717) is 19.6 Å². The fourth-order valence-electron chi connectivity index (χ4n) is 2.37. The Hall–Kier alpha value is -1.53. The number of nitrogens with one attached hydrogen (secondary N) is 1. The van der Waals surface area contributed by atoms with Crippen molar-refractivity contribution in [3.8, 4) is 0 Å². The summed E-state index contributed by atoms with van der Waals surface area (Å²) in [5.41, 5.74) is 0.279. The average molecular weight is 284 g/mol. The van der Waals surface area contributed by atoms with E-state index in [9.17, 15) is 13.6 Å². The van der Waals surface area contributed by atoms with E-state index in [-0.39, 0.29) is 17.5 Å².